The van der Waals surface area contributed by atoms with E-state index in [-0.39, 0.29) is 0 Å². The van der Waals surface area contributed by atoms with Crippen LogP contribution >= 0.6 is 0 Å². The van der Waals surface area contributed by atoms with Gasteiger partial charge in [0.25, 0.3) is 0 Å². The van der Waals surface area contributed by atoms with Gasteiger partial charge in [0, 0.05) is 12.8 Å². The van der Waals surface area contributed by atoms with Crippen molar-refractivity contribution in [2.24, 2.45) is 0 Å². The minimum Gasteiger partial charge on any atom is -0.309 e. The molecular formula is C16H34N+. The molecule has 2 unspecified atom stereocenters. The largest absolute Gasteiger partial charge is 0.309 e. The van der Waals surface area contributed by atoms with Crippen LogP contribution in [0, 0.1) is 0 Å². The van der Waals surface area contributed by atoms with Gasteiger partial charge in [-0.05, 0) is 12.8 Å². The number of hydrogen-bond acceptors (Lipinski definition) is 0. The molecule has 2 atom stereocenters. The molecule has 17 heavy (non-hydrogen) atoms. The fourth-order valence-corrected chi connectivity index (χ4v) is 3.76. The van der Waals surface area contributed by atoms with Gasteiger partial charge in [0.05, 0.1) is 13.1 Å². The van der Waals surface area contributed by atoms with E-state index in [1.54, 1.807) is 0 Å². The van der Waals surface area contributed by atoms with Crippen molar-refractivity contribution in [1.82, 2.24) is 0 Å². The van der Waals surface area contributed by atoms with Crippen LogP contribution in [0.1, 0.15) is 79.1 Å². The van der Waals surface area contributed by atoms with Crippen LogP contribution in [0.4, 0.5) is 0 Å². The maximum absolute atomic E-state index is 2.36. The molecule has 1 saturated heterocycles. The summed E-state index contributed by atoms with van der Waals surface area (Å²) in [6.45, 7) is 12.3. The normalized spacial score (nSPS) is 26.1. The van der Waals surface area contributed by atoms with Crippen molar-refractivity contribution < 1.29 is 4.48 Å². The van der Waals surface area contributed by atoms with Gasteiger partial charge in [-0.2, -0.15) is 0 Å². The van der Waals surface area contributed by atoms with Crippen molar-refractivity contribution in [2.75, 3.05) is 13.1 Å². The van der Waals surface area contributed by atoms with Gasteiger partial charge in [-0.1, -0.05) is 53.4 Å². The third-order valence-electron chi connectivity index (χ3n) is 4.70. The molecule has 0 saturated carbocycles. The molecular weight excluding hydrogens is 206 g/mol. The molecule has 1 aliphatic heterocycles. The summed E-state index contributed by atoms with van der Waals surface area (Å²) in [5, 5.41) is 0. The van der Waals surface area contributed by atoms with Crippen LogP contribution in [0.15, 0.2) is 0 Å². The van der Waals surface area contributed by atoms with Crippen molar-refractivity contribution >= 4 is 0 Å². The fraction of sp³-hybridized carbons (Fsp3) is 1.00. The topological polar surface area (TPSA) is 0 Å². The second-order valence-electron chi connectivity index (χ2n) is 5.97. The number of hydrogen-bond donors (Lipinski definition) is 0. The Morgan fingerprint density at radius 3 is 1.35 bits per heavy atom. The zero-order valence-corrected chi connectivity index (χ0v) is 12.7. The quantitative estimate of drug-likeness (QED) is 0.382. The second-order valence-corrected chi connectivity index (χ2v) is 5.97. The Morgan fingerprint density at radius 1 is 0.647 bits per heavy atom. The van der Waals surface area contributed by atoms with Gasteiger partial charge < -0.3 is 4.48 Å². The second kappa shape index (κ2) is 7.41. The standard InChI is InChI=1S/C16H34N/c1-5-9-13-17(14-10-6-2)15(11-7-3)16(17)12-8-4/h15-16H,5-14H2,1-4H3/q+1. The third-order valence-corrected chi connectivity index (χ3v) is 4.70. The van der Waals surface area contributed by atoms with E-state index in [1.807, 2.05) is 0 Å². The molecule has 0 N–H and O–H groups in total. The molecule has 0 radical (unpaired) electrons. The van der Waals surface area contributed by atoms with E-state index in [0.29, 0.717) is 0 Å². The molecule has 1 fully saturated rings. The van der Waals surface area contributed by atoms with E-state index >= 15 is 0 Å². The Balaban J connectivity index is 2.59. The number of nitrogens with zero attached hydrogens (tertiary/aromatic N) is 1. The first-order chi connectivity index (χ1) is 8.26. The summed E-state index contributed by atoms with van der Waals surface area (Å²) in [5.41, 5.74) is 0. The van der Waals surface area contributed by atoms with Gasteiger partial charge in [0.2, 0.25) is 0 Å². The molecule has 0 amide bonds. The summed E-state index contributed by atoms with van der Waals surface area (Å²) in [6, 6.07) is 2.05. The maximum atomic E-state index is 2.36. The Bertz CT molecular complexity index is 178. The minimum atomic E-state index is 1.03. The number of quaternary nitrogens is 1. The van der Waals surface area contributed by atoms with Crippen molar-refractivity contribution in [2.45, 2.75) is 91.1 Å². The molecule has 0 aliphatic carbocycles. The van der Waals surface area contributed by atoms with E-state index < -0.39 is 0 Å². The average Bonchev–Trinajstić information content (AvgIpc) is 2.92. The van der Waals surface area contributed by atoms with E-state index in [0.717, 1.165) is 12.1 Å². The van der Waals surface area contributed by atoms with Gasteiger partial charge in [-0.15, -0.1) is 0 Å². The van der Waals surface area contributed by atoms with Crippen LogP contribution in [-0.2, 0) is 0 Å². The first kappa shape index (κ1) is 15.0. The highest BCUT2D eigenvalue weighted by molar-refractivity contribution is 4.88. The minimum absolute atomic E-state index is 1.03. The lowest BCUT2D eigenvalue weighted by atomic mass is 10.1. The fourth-order valence-electron chi connectivity index (χ4n) is 3.76. The Labute approximate surface area is 109 Å². The number of rotatable bonds is 10. The summed E-state index contributed by atoms with van der Waals surface area (Å²) in [4.78, 5) is 0. The first-order valence-electron chi connectivity index (χ1n) is 8.13. The lowest BCUT2D eigenvalue weighted by Gasteiger charge is -2.22. The predicted octanol–water partition coefficient (Wildman–Crippen LogP) is 4.75. The highest BCUT2D eigenvalue weighted by Crippen LogP contribution is 2.46. The smallest absolute Gasteiger partial charge is 0.142 e. The van der Waals surface area contributed by atoms with Crippen LogP contribution in [0.25, 0.3) is 0 Å². The molecule has 1 aliphatic rings. The van der Waals surface area contributed by atoms with Crippen LogP contribution in [0.5, 0.6) is 0 Å². The van der Waals surface area contributed by atoms with E-state index in [2.05, 4.69) is 27.7 Å². The first-order valence-corrected chi connectivity index (χ1v) is 8.13. The van der Waals surface area contributed by atoms with Gasteiger partial charge in [-0.3, -0.25) is 0 Å². The molecule has 1 rings (SSSR count). The summed E-state index contributed by atoms with van der Waals surface area (Å²) in [5.74, 6) is 0. The van der Waals surface area contributed by atoms with E-state index in [9.17, 15) is 0 Å². The lowest BCUT2D eigenvalue weighted by Crippen LogP contribution is -2.33. The zero-order chi connectivity index (χ0) is 12.7. The molecule has 0 aromatic heterocycles. The molecule has 0 aromatic rings. The predicted molar refractivity (Wildman–Crippen MR) is 77.2 cm³/mol. The average molecular weight is 240 g/mol. The molecule has 1 heterocycles. The molecule has 0 spiro atoms. The van der Waals surface area contributed by atoms with E-state index in [4.69, 9.17) is 0 Å². The Kier molecular flexibility index (Phi) is 6.54. The highest BCUT2D eigenvalue weighted by atomic mass is 15.5. The van der Waals surface area contributed by atoms with Crippen molar-refractivity contribution in [3.05, 3.63) is 0 Å². The monoisotopic (exact) mass is 240 g/mol. The summed E-state index contributed by atoms with van der Waals surface area (Å²) < 4.78 is 1.50. The van der Waals surface area contributed by atoms with Crippen LogP contribution in [0.3, 0.4) is 0 Å². The SMILES string of the molecule is CCCC[N+]1(CCCC)C(CCC)C1CCC. The summed E-state index contributed by atoms with van der Waals surface area (Å²) >= 11 is 0. The molecule has 1 heteroatoms. The maximum Gasteiger partial charge on any atom is 0.142 e. The Morgan fingerprint density at radius 2 is 1.06 bits per heavy atom. The van der Waals surface area contributed by atoms with Crippen molar-refractivity contribution in [1.29, 1.82) is 0 Å². The lowest BCUT2D eigenvalue weighted by molar-refractivity contribution is -0.828. The third kappa shape index (κ3) is 3.47. The van der Waals surface area contributed by atoms with Gasteiger partial charge in [0.15, 0.2) is 0 Å². The summed E-state index contributed by atoms with van der Waals surface area (Å²) in [6.07, 6.45) is 11.3. The van der Waals surface area contributed by atoms with Crippen LogP contribution in [0.2, 0.25) is 0 Å². The van der Waals surface area contributed by atoms with E-state index in [1.165, 1.54) is 68.9 Å². The number of unbranched alkanes of at least 4 members (excludes halogenated alkanes) is 2. The molecule has 0 aromatic carbocycles. The molecule has 102 valence electrons. The van der Waals surface area contributed by atoms with Gasteiger partial charge in [0.1, 0.15) is 12.1 Å². The molecule has 1 nitrogen and oxygen atoms in total. The molecule has 0 bridgehead atoms. The Hall–Kier alpha value is -0.0400. The van der Waals surface area contributed by atoms with Crippen molar-refractivity contribution in [3.8, 4) is 0 Å². The van der Waals surface area contributed by atoms with Gasteiger partial charge >= 0.3 is 0 Å². The zero-order valence-electron chi connectivity index (χ0n) is 12.7. The highest BCUT2D eigenvalue weighted by Gasteiger charge is 2.62. The van der Waals surface area contributed by atoms with Gasteiger partial charge in [-0.25, -0.2) is 0 Å². The van der Waals surface area contributed by atoms with Crippen LogP contribution < -0.4 is 0 Å². The van der Waals surface area contributed by atoms with Crippen LogP contribution in [-0.4, -0.2) is 29.7 Å². The van der Waals surface area contributed by atoms with Crippen molar-refractivity contribution in [3.63, 3.8) is 0 Å². The summed E-state index contributed by atoms with van der Waals surface area (Å²) in [7, 11) is 0.